The molecule has 1 aliphatic rings. The van der Waals surface area contributed by atoms with E-state index in [9.17, 15) is 0 Å². The summed E-state index contributed by atoms with van der Waals surface area (Å²) in [6.45, 7) is 6.00. The standard InChI is InChI=1S/C5H5.3CH2O.W/c1-2-4-5-3-1;3*1-2;/h1-3H,4H2;3*1H2;/q-1;;;;. The number of rotatable bonds is 0. The molecule has 0 radical (unpaired) electrons. The smallest absolute Gasteiger partial charge is 0.106 e. The zero-order chi connectivity index (χ0) is 9.54. The Hall–Kier alpha value is -0.822. The summed E-state index contributed by atoms with van der Waals surface area (Å²) >= 11 is 0. The van der Waals surface area contributed by atoms with Crippen molar-refractivity contribution in [1.29, 1.82) is 0 Å². The first-order valence-corrected chi connectivity index (χ1v) is 2.58. The van der Waals surface area contributed by atoms with E-state index in [0.29, 0.717) is 0 Å². The first-order valence-electron chi connectivity index (χ1n) is 2.58. The zero-order valence-corrected chi connectivity index (χ0v) is 9.63. The van der Waals surface area contributed by atoms with Gasteiger partial charge in [-0.15, -0.1) is 6.42 Å². The number of allylic oxidation sites excluding steroid dienone is 4. The fraction of sp³-hybridized carbons (Fsp3) is 0.125. The van der Waals surface area contributed by atoms with E-state index in [1.54, 1.807) is 0 Å². The number of carbonyl (C=O) groups excluding carboxylic acids is 3. The molecule has 0 unspecified atom stereocenters. The molecule has 68 valence electrons. The molecule has 0 fully saturated rings. The van der Waals surface area contributed by atoms with E-state index < -0.39 is 0 Å². The van der Waals surface area contributed by atoms with Crippen LogP contribution in [0, 0.1) is 6.08 Å². The van der Waals surface area contributed by atoms with Gasteiger partial charge in [-0.3, -0.25) is 6.08 Å². The Morgan fingerprint density at radius 3 is 1.50 bits per heavy atom. The van der Waals surface area contributed by atoms with Crippen LogP contribution in [0.15, 0.2) is 18.2 Å². The normalized spacial score (nSPS) is 8.33. The van der Waals surface area contributed by atoms with E-state index in [-0.39, 0.29) is 21.1 Å². The molecule has 3 nitrogen and oxygen atoms in total. The predicted molar refractivity (Wildman–Crippen MR) is 42.9 cm³/mol. The Kier molecular flexibility index (Phi) is 92.0. The molecule has 0 saturated carbocycles. The summed E-state index contributed by atoms with van der Waals surface area (Å²) in [5.41, 5.74) is 0. The summed E-state index contributed by atoms with van der Waals surface area (Å²) in [5.74, 6) is 0. The van der Waals surface area contributed by atoms with Gasteiger partial charge in [-0.25, -0.2) is 12.2 Å². The van der Waals surface area contributed by atoms with Crippen LogP contribution >= 0.6 is 0 Å². The van der Waals surface area contributed by atoms with Crippen molar-refractivity contribution in [1.82, 2.24) is 0 Å². The summed E-state index contributed by atoms with van der Waals surface area (Å²) in [6, 6.07) is 0. The molecular formula is C8H11O3W-. The van der Waals surface area contributed by atoms with Gasteiger partial charge in [0.15, 0.2) is 0 Å². The maximum absolute atomic E-state index is 8.00. The van der Waals surface area contributed by atoms with Crippen LogP contribution in [0.25, 0.3) is 0 Å². The minimum Gasteiger partial charge on any atom is -0.307 e. The van der Waals surface area contributed by atoms with Crippen LogP contribution in [0.2, 0.25) is 0 Å². The van der Waals surface area contributed by atoms with E-state index in [1.807, 2.05) is 32.5 Å². The van der Waals surface area contributed by atoms with E-state index in [1.165, 1.54) is 0 Å². The second-order valence-electron chi connectivity index (χ2n) is 1.00. The number of hydrogen-bond acceptors (Lipinski definition) is 3. The second kappa shape index (κ2) is 49.1. The maximum atomic E-state index is 8.00. The minimum atomic E-state index is 0. The van der Waals surface area contributed by atoms with Crippen LogP contribution in [0.3, 0.4) is 0 Å². The molecule has 0 heterocycles. The average molecular weight is 339 g/mol. The van der Waals surface area contributed by atoms with Crippen LogP contribution in [0.5, 0.6) is 0 Å². The Morgan fingerprint density at radius 2 is 1.42 bits per heavy atom. The van der Waals surface area contributed by atoms with E-state index in [2.05, 4.69) is 12.2 Å². The van der Waals surface area contributed by atoms with Gasteiger partial charge in [0.1, 0.15) is 20.4 Å². The Balaban J connectivity index is -0.0000000406. The molecule has 0 aromatic rings. The first kappa shape index (κ1) is 22.5. The van der Waals surface area contributed by atoms with Crippen LogP contribution in [-0.2, 0) is 35.4 Å². The van der Waals surface area contributed by atoms with Crippen LogP contribution in [0.4, 0.5) is 0 Å². The van der Waals surface area contributed by atoms with Crippen LogP contribution < -0.4 is 0 Å². The van der Waals surface area contributed by atoms with Crippen molar-refractivity contribution >= 4 is 20.4 Å². The largest absolute Gasteiger partial charge is 0.307 e. The first-order chi connectivity index (χ1) is 5.50. The molecule has 0 saturated heterocycles. The van der Waals surface area contributed by atoms with Crippen molar-refractivity contribution in [3.8, 4) is 0 Å². The molecule has 0 amide bonds. The Bertz CT molecular complexity index is 98.1. The van der Waals surface area contributed by atoms with Crippen LogP contribution in [-0.4, -0.2) is 20.4 Å². The van der Waals surface area contributed by atoms with E-state index >= 15 is 0 Å². The van der Waals surface area contributed by atoms with Gasteiger partial charge in [0.2, 0.25) is 0 Å². The molecule has 0 N–H and O–H groups in total. The molecule has 12 heavy (non-hydrogen) atoms. The van der Waals surface area contributed by atoms with Crippen molar-refractivity contribution in [2.45, 2.75) is 6.42 Å². The topological polar surface area (TPSA) is 51.2 Å². The Labute approximate surface area is 86.8 Å². The zero-order valence-electron chi connectivity index (χ0n) is 6.69. The summed E-state index contributed by atoms with van der Waals surface area (Å²) < 4.78 is 0. The monoisotopic (exact) mass is 339 g/mol. The van der Waals surface area contributed by atoms with Gasteiger partial charge < -0.3 is 14.4 Å². The van der Waals surface area contributed by atoms with Crippen LogP contribution in [0.1, 0.15) is 6.42 Å². The quantitative estimate of drug-likeness (QED) is 0.612. The van der Waals surface area contributed by atoms with Gasteiger partial charge in [-0.05, 0) is 0 Å². The maximum Gasteiger partial charge on any atom is 0.106 e. The molecule has 0 aromatic heterocycles. The molecule has 0 atom stereocenters. The minimum absolute atomic E-state index is 0. The average Bonchev–Trinajstić information content (AvgIpc) is 2.71. The van der Waals surface area contributed by atoms with Crippen molar-refractivity contribution in [2.75, 3.05) is 0 Å². The summed E-state index contributed by atoms with van der Waals surface area (Å²) in [5, 5.41) is 0. The molecule has 0 spiro atoms. The predicted octanol–water partition coefficient (Wildman–Crippen LogP) is 0.748. The van der Waals surface area contributed by atoms with E-state index in [4.69, 9.17) is 14.4 Å². The van der Waals surface area contributed by atoms with Gasteiger partial charge in [-0.1, -0.05) is 0 Å². The summed E-state index contributed by atoms with van der Waals surface area (Å²) in [4.78, 5) is 24.0. The molecule has 1 aliphatic carbocycles. The van der Waals surface area contributed by atoms with Gasteiger partial charge in [0.25, 0.3) is 0 Å². The fourth-order valence-corrected chi connectivity index (χ4v) is 0.340. The number of carbonyl (C=O) groups is 3. The molecule has 0 aliphatic heterocycles. The summed E-state index contributed by atoms with van der Waals surface area (Å²) in [7, 11) is 0. The third kappa shape index (κ3) is 35.2. The van der Waals surface area contributed by atoms with Gasteiger partial charge >= 0.3 is 0 Å². The SMILES string of the molecule is C=O.C=O.C=O.[C-]1=CC=CC1.[W]. The van der Waals surface area contributed by atoms with E-state index in [0.717, 1.165) is 6.42 Å². The molecule has 0 aromatic carbocycles. The van der Waals surface area contributed by atoms with Gasteiger partial charge in [-0.2, -0.15) is 6.08 Å². The van der Waals surface area contributed by atoms with Crippen molar-refractivity contribution in [3.05, 3.63) is 24.3 Å². The Morgan fingerprint density at radius 1 is 1.00 bits per heavy atom. The molecule has 1 rings (SSSR count). The third-order valence-corrected chi connectivity index (χ3v) is 0.586. The van der Waals surface area contributed by atoms with Gasteiger partial charge in [0.05, 0.1) is 0 Å². The van der Waals surface area contributed by atoms with Gasteiger partial charge in [0, 0.05) is 21.1 Å². The molecular weight excluding hydrogens is 328 g/mol. The van der Waals surface area contributed by atoms with Crippen molar-refractivity contribution < 1.29 is 35.4 Å². The molecule has 0 bridgehead atoms. The third-order valence-electron chi connectivity index (χ3n) is 0.586. The summed E-state index contributed by atoms with van der Waals surface area (Å²) in [6.07, 6.45) is 10.0. The van der Waals surface area contributed by atoms with Crippen molar-refractivity contribution in [2.24, 2.45) is 0 Å². The van der Waals surface area contributed by atoms with Crippen molar-refractivity contribution in [3.63, 3.8) is 0 Å². The fourth-order valence-electron chi connectivity index (χ4n) is 0.340. The number of hydrogen-bond donors (Lipinski definition) is 0. The molecule has 4 heteroatoms. The second-order valence-corrected chi connectivity index (χ2v) is 1.00.